The number of nitro groups is 2. The first-order valence-electron chi connectivity index (χ1n) is 8.93. The monoisotopic (exact) mass is 418 g/mol. The lowest BCUT2D eigenvalue weighted by Gasteiger charge is -2.04. The molecular weight excluding hydrogens is 404 g/mol. The van der Waals surface area contributed by atoms with Crippen LogP contribution in [-0.2, 0) is 0 Å². The second-order valence-electron chi connectivity index (χ2n) is 6.41. The third kappa shape index (κ3) is 3.89. The summed E-state index contributed by atoms with van der Waals surface area (Å²) in [5, 5.41) is 31.0. The Morgan fingerprint density at radius 2 is 1.77 bits per heavy atom. The topological polar surface area (TPSA) is 154 Å². The summed E-state index contributed by atoms with van der Waals surface area (Å²) >= 11 is 0. The molecule has 0 aliphatic carbocycles. The minimum Gasteiger partial charge on any atom is -0.261 e. The first-order chi connectivity index (χ1) is 14.9. The predicted octanol–water partition coefficient (Wildman–Crippen LogP) is 3.39. The molecule has 0 saturated heterocycles. The molecule has 0 aliphatic rings. The summed E-state index contributed by atoms with van der Waals surface area (Å²) in [5.41, 5.74) is 5.04. The van der Waals surface area contributed by atoms with Gasteiger partial charge in [0.1, 0.15) is 6.33 Å². The van der Waals surface area contributed by atoms with E-state index in [1.807, 2.05) is 0 Å². The zero-order valence-electron chi connectivity index (χ0n) is 16.0. The van der Waals surface area contributed by atoms with Crippen LogP contribution in [0.3, 0.4) is 0 Å². The number of fused-ring (bicyclic) bond motifs is 1. The number of nitrogens with one attached hydrogen (secondary N) is 1. The molecule has 1 N–H and O–H groups in total. The molecule has 0 spiro atoms. The summed E-state index contributed by atoms with van der Waals surface area (Å²) in [6.07, 6.45) is 2.79. The molecule has 0 atom stereocenters. The molecule has 12 heteroatoms. The summed E-state index contributed by atoms with van der Waals surface area (Å²) in [7, 11) is 0. The third-order valence-electron chi connectivity index (χ3n) is 4.41. The van der Waals surface area contributed by atoms with Crippen molar-refractivity contribution in [2.24, 2.45) is 5.10 Å². The summed E-state index contributed by atoms with van der Waals surface area (Å²) in [5.74, 6) is 0.400. The second kappa shape index (κ2) is 7.94. The molecule has 4 aromatic rings. The molecule has 0 unspecified atom stereocenters. The maximum atomic E-state index is 10.9. The van der Waals surface area contributed by atoms with Crippen LogP contribution < -0.4 is 5.43 Å². The van der Waals surface area contributed by atoms with Crippen molar-refractivity contribution in [1.29, 1.82) is 0 Å². The zero-order valence-corrected chi connectivity index (χ0v) is 16.0. The average Bonchev–Trinajstić information content (AvgIpc) is 3.11. The number of nitrogens with zero attached hydrogens (tertiary/aromatic N) is 7. The largest absolute Gasteiger partial charge is 0.270 e. The molecule has 2 heterocycles. The van der Waals surface area contributed by atoms with E-state index in [1.165, 1.54) is 36.8 Å². The van der Waals surface area contributed by atoms with Gasteiger partial charge in [-0.15, -0.1) is 0 Å². The number of hydrogen-bond donors (Lipinski definition) is 1. The van der Waals surface area contributed by atoms with E-state index in [0.29, 0.717) is 33.8 Å². The number of non-ortho nitro benzene ring substituents is 2. The van der Waals surface area contributed by atoms with Crippen LogP contribution in [0.5, 0.6) is 0 Å². The van der Waals surface area contributed by atoms with Crippen LogP contribution >= 0.6 is 0 Å². The number of benzene rings is 2. The van der Waals surface area contributed by atoms with E-state index < -0.39 is 9.85 Å². The van der Waals surface area contributed by atoms with Gasteiger partial charge in [0.05, 0.1) is 32.8 Å². The average molecular weight is 418 g/mol. The number of anilines is 1. The van der Waals surface area contributed by atoms with Crippen LogP contribution in [0, 0.1) is 27.2 Å². The highest BCUT2D eigenvalue weighted by atomic mass is 16.6. The number of rotatable bonds is 6. The normalized spacial score (nSPS) is 11.1. The van der Waals surface area contributed by atoms with Crippen LogP contribution in [0.2, 0.25) is 0 Å². The van der Waals surface area contributed by atoms with Crippen molar-refractivity contribution < 1.29 is 9.85 Å². The Morgan fingerprint density at radius 1 is 1.03 bits per heavy atom. The van der Waals surface area contributed by atoms with Gasteiger partial charge in [-0.2, -0.15) is 10.2 Å². The molecule has 12 nitrogen and oxygen atoms in total. The van der Waals surface area contributed by atoms with Crippen molar-refractivity contribution in [2.75, 3.05) is 5.43 Å². The molecule has 0 radical (unpaired) electrons. The van der Waals surface area contributed by atoms with Crippen molar-refractivity contribution in [3.05, 3.63) is 86.3 Å². The minimum absolute atomic E-state index is 0.0237. The number of aromatic nitrogens is 4. The molecule has 154 valence electrons. The maximum absolute atomic E-state index is 10.9. The number of aryl methyl sites for hydroxylation is 1. The Bertz CT molecular complexity index is 1330. The third-order valence-corrected chi connectivity index (χ3v) is 4.41. The van der Waals surface area contributed by atoms with Gasteiger partial charge in [0.2, 0.25) is 0 Å². The fourth-order valence-electron chi connectivity index (χ4n) is 2.98. The summed E-state index contributed by atoms with van der Waals surface area (Å²) in [6, 6.07) is 12.0. The highest BCUT2D eigenvalue weighted by Crippen LogP contribution is 2.26. The summed E-state index contributed by atoms with van der Waals surface area (Å²) < 4.78 is 1.56. The number of nitro benzene ring substituents is 2. The van der Waals surface area contributed by atoms with Gasteiger partial charge in [-0.1, -0.05) is 12.1 Å². The molecule has 0 amide bonds. The molecule has 0 saturated carbocycles. The Balaban J connectivity index is 1.65. The SMILES string of the molecule is Cc1nn(-c2ccc([N+](=O)[O-])cc2)c2ncnc(N/N=C/c3cccc([N+](=O)[O-])c3)c12. The van der Waals surface area contributed by atoms with Crippen molar-refractivity contribution in [1.82, 2.24) is 19.7 Å². The van der Waals surface area contributed by atoms with Gasteiger partial charge in [-0.3, -0.25) is 25.7 Å². The van der Waals surface area contributed by atoms with Gasteiger partial charge in [0, 0.05) is 29.8 Å². The predicted molar refractivity (Wildman–Crippen MR) is 112 cm³/mol. The minimum atomic E-state index is -0.478. The van der Waals surface area contributed by atoms with Crippen LogP contribution in [-0.4, -0.2) is 35.8 Å². The molecule has 0 bridgehead atoms. The smallest absolute Gasteiger partial charge is 0.261 e. The molecule has 2 aromatic carbocycles. The van der Waals surface area contributed by atoms with Crippen LogP contribution in [0.1, 0.15) is 11.3 Å². The lowest BCUT2D eigenvalue weighted by molar-refractivity contribution is -0.385. The van der Waals surface area contributed by atoms with Crippen molar-refractivity contribution in [3.63, 3.8) is 0 Å². The van der Waals surface area contributed by atoms with E-state index in [2.05, 4.69) is 25.6 Å². The highest BCUT2D eigenvalue weighted by molar-refractivity contribution is 5.90. The molecule has 0 fully saturated rings. The fraction of sp³-hybridized carbons (Fsp3) is 0.0526. The first-order valence-corrected chi connectivity index (χ1v) is 8.93. The van der Waals surface area contributed by atoms with Crippen LogP contribution in [0.15, 0.2) is 60.0 Å². The highest BCUT2D eigenvalue weighted by Gasteiger charge is 2.16. The van der Waals surface area contributed by atoms with E-state index in [1.54, 1.807) is 35.9 Å². The summed E-state index contributed by atoms with van der Waals surface area (Å²) in [4.78, 5) is 29.3. The van der Waals surface area contributed by atoms with Crippen LogP contribution in [0.25, 0.3) is 16.7 Å². The van der Waals surface area contributed by atoms with Crippen molar-refractivity contribution in [2.45, 2.75) is 6.92 Å². The van der Waals surface area contributed by atoms with E-state index >= 15 is 0 Å². The Morgan fingerprint density at radius 3 is 2.48 bits per heavy atom. The summed E-state index contributed by atoms with van der Waals surface area (Å²) in [6.45, 7) is 1.78. The standard InChI is InChI=1S/C19H14N8O4/c1-12-17-18(23-22-10-13-3-2-4-16(9-13)27(30)31)20-11-21-19(17)25(24-12)14-5-7-15(8-6-14)26(28)29/h2-11H,1H3,(H,20,21,23)/b22-10+. The quantitative estimate of drug-likeness (QED) is 0.284. The van der Waals surface area contributed by atoms with Gasteiger partial charge in [-0.05, 0) is 19.1 Å². The first kappa shape index (κ1) is 19.6. The van der Waals surface area contributed by atoms with Gasteiger partial charge in [0.25, 0.3) is 11.4 Å². The van der Waals surface area contributed by atoms with Crippen LogP contribution in [0.4, 0.5) is 17.2 Å². The molecule has 0 aliphatic heterocycles. The number of hydrogen-bond acceptors (Lipinski definition) is 9. The van der Waals surface area contributed by atoms with Gasteiger partial charge < -0.3 is 0 Å². The van der Waals surface area contributed by atoms with E-state index in [0.717, 1.165) is 0 Å². The fourth-order valence-corrected chi connectivity index (χ4v) is 2.98. The van der Waals surface area contributed by atoms with Crippen molar-refractivity contribution in [3.8, 4) is 5.69 Å². The molecule has 2 aromatic heterocycles. The molecule has 4 rings (SSSR count). The van der Waals surface area contributed by atoms with Crippen molar-refractivity contribution >= 4 is 34.4 Å². The van der Waals surface area contributed by atoms with E-state index in [9.17, 15) is 20.2 Å². The molecular formula is C19H14N8O4. The second-order valence-corrected chi connectivity index (χ2v) is 6.41. The van der Waals surface area contributed by atoms with E-state index in [4.69, 9.17) is 0 Å². The molecule has 31 heavy (non-hydrogen) atoms. The van der Waals surface area contributed by atoms with Gasteiger partial charge >= 0.3 is 0 Å². The maximum Gasteiger partial charge on any atom is 0.270 e. The van der Waals surface area contributed by atoms with E-state index in [-0.39, 0.29) is 11.4 Å². The number of hydrazone groups is 1. The Labute approximate surface area is 174 Å². The van der Waals surface area contributed by atoms with Gasteiger partial charge in [0.15, 0.2) is 11.5 Å². The zero-order chi connectivity index (χ0) is 22.0. The van der Waals surface area contributed by atoms with Gasteiger partial charge in [-0.25, -0.2) is 14.6 Å². The lowest BCUT2D eigenvalue weighted by Crippen LogP contribution is -2.00. The lowest BCUT2D eigenvalue weighted by atomic mass is 10.2. The Hall–Kier alpha value is -4.74. The Kier molecular flexibility index (Phi) is 5.02.